The summed E-state index contributed by atoms with van der Waals surface area (Å²) < 4.78 is 27.6. The number of rotatable bonds is 5. The van der Waals surface area contributed by atoms with Crippen molar-refractivity contribution in [2.45, 2.75) is 33.1 Å². The van der Waals surface area contributed by atoms with Crippen molar-refractivity contribution in [1.29, 1.82) is 0 Å². The molecule has 0 aromatic heterocycles. The summed E-state index contributed by atoms with van der Waals surface area (Å²) in [5.74, 6) is -3.05. The van der Waals surface area contributed by atoms with Gasteiger partial charge in [0.1, 0.15) is 17.3 Å². The van der Waals surface area contributed by atoms with Gasteiger partial charge in [0.05, 0.1) is 5.92 Å². The van der Waals surface area contributed by atoms with Crippen LogP contribution in [0.2, 0.25) is 0 Å². The zero-order valence-corrected chi connectivity index (χ0v) is 15.4. The molecule has 6 heteroatoms. The van der Waals surface area contributed by atoms with Gasteiger partial charge >= 0.3 is 0 Å². The number of hydrogen-bond donors (Lipinski definition) is 1. The van der Waals surface area contributed by atoms with Crippen molar-refractivity contribution >= 4 is 23.2 Å². The van der Waals surface area contributed by atoms with E-state index >= 15 is 0 Å². The van der Waals surface area contributed by atoms with Crippen molar-refractivity contribution in [3.8, 4) is 0 Å². The molecule has 0 aliphatic carbocycles. The number of amides is 2. The molecule has 1 atom stereocenters. The van der Waals surface area contributed by atoms with Crippen molar-refractivity contribution in [3.05, 3.63) is 59.2 Å². The summed E-state index contributed by atoms with van der Waals surface area (Å²) in [4.78, 5) is 26.8. The van der Waals surface area contributed by atoms with Crippen LogP contribution in [0.5, 0.6) is 0 Å². The van der Waals surface area contributed by atoms with Crippen LogP contribution in [0.4, 0.5) is 20.2 Å². The monoisotopic (exact) mass is 372 g/mol. The molecule has 2 amide bonds. The van der Waals surface area contributed by atoms with Gasteiger partial charge in [-0.3, -0.25) is 9.59 Å². The second kappa shape index (κ2) is 7.86. The van der Waals surface area contributed by atoms with Gasteiger partial charge in [0.25, 0.3) is 0 Å². The largest absolute Gasteiger partial charge is 0.321 e. The molecular weight excluding hydrogens is 350 g/mol. The highest BCUT2D eigenvalue weighted by atomic mass is 19.1. The molecule has 1 aliphatic rings. The lowest BCUT2D eigenvalue weighted by molar-refractivity contribution is -0.122. The highest BCUT2D eigenvalue weighted by Crippen LogP contribution is 2.33. The van der Waals surface area contributed by atoms with Crippen LogP contribution in [0, 0.1) is 17.6 Å². The molecule has 3 rings (SSSR count). The van der Waals surface area contributed by atoms with Crippen molar-refractivity contribution in [1.82, 2.24) is 0 Å². The molecule has 1 unspecified atom stereocenters. The Balaban J connectivity index is 1.83. The predicted octanol–water partition coefficient (Wildman–Crippen LogP) is 4.08. The molecule has 2 aromatic rings. The molecule has 0 radical (unpaired) electrons. The predicted molar refractivity (Wildman–Crippen MR) is 101 cm³/mol. The van der Waals surface area contributed by atoms with Gasteiger partial charge in [-0.25, -0.2) is 8.78 Å². The number of anilines is 2. The molecule has 1 aliphatic heterocycles. The molecular formula is C21H22F2N2O2. The van der Waals surface area contributed by atoms with Crippen LogP contribution in [0.15, 0.2) is 36.4 Å². The molecule has 1 fully saturated rings. The summed E-state index contributed by atoms with van der Waals surface area (Å²) in [6.07, 6.45) is 1.55. The molecule has 4 nitrogen and oxygen atoms in total. The molecule has 0 bridgehead atoms. The third-order valence-electron chi connectivity index (χ3n) is 4.94. The Morgan fingerprint density at radius 1 is 1.07 bits per heavy atom. The molecule has 0 spiro atoms. The first-order valence-electron chi connectivity index (χ1n) is 9.12. The average molecular weight is 372 g/mol. The number of halogens is 2. The van der Waals surface area contributed by atoms with Crippen LogP contribution in [0.25, 0.3) is 0 Å². The van der Waals surface area contributed by atoms with Crippen LogP contribution in [-0.4, -0.2) is 18.4 Å². The number of nitrogens with zero attached hydrogens (tertiary/aromatic N) is 1. The molecule has 142 valence electrons. The minimum absolute atomic E-state index is 0.0170. The van der Waals surface area contributed by atoms with Gasteiger partial charge in [0, 0.05) is 18.7 Å². The minimum Gasteiger partial charge on any atom is -0.321 e. The smallest absolute Gasteiger partial charge is 0.229 e. The van der Waals surface area contributed by atoms with Gasteiger partial charge in [-0.1, -0.05) is 38.1 Å². The van der Waals surface area contributed by atoms with Crippen LogP contribution < -0.4 is 10.2 Å². The number of benzene rings is 2. The van der Waals surface area contributed by atoms with E-state index in [4.69, 9.17) is 0 Å². The van der Waals surface area contributed by atoms with E-state index in [1.807, 2.05) is 32.0 Å². The fraction of sp³-hybridized carbons (Fsp3) is 0.333. The lowest BCUT2D eigenvalue weighted by Gasteiger charge is -2.23. The second-order valence-electron chi connectivity index (χ2n) is 6.62. The first-order valence-corrected chi connectivity index (χ1v) is 9.12. The van der Waals surface area contributed by atoms with Gasteiger partial charge < -0.3 is 10.2 Å². The Labute approximate surface area is 157 Å². The molecule has 0 saturated carbocycles. The summed E-state index contributed by atoms with van der Waals surface area (Å²) in [5, 5.41) is 2.30. The zero-order chi connectivity index (χ0) is 19.6. The molecule has 1 saturated heterocycles. The van der Waals surface area contributed by atoms with Crippen molar-refractivity contribution in [2.75, 3.05) is 16.8 Å². The molecule has 2 aromatic carbocycles. The van der Waals surface area contributed by atoms with Crippen molar-refractivity contribution < 1.29 is 18.4 Å². The van der Waals surface area contributed by atoms with E-state index < -0.39 is 29.1 Å². The van der Waals surface area contributed by atoms with Crippen LogP contribution in [0.1, 0.15) is 31.4 Å². The molecule has 1 N–H and O–H groups in total. The van der Waals surface area contributed by atoms with Crippen molar-refractivity contribution in [2.24, 2.45) is 5.92 Å². The summed E-state index contributed by atoms with van der Waals surface area (Å²) in [6, 6.07) is 9.31. The van der Waals surface area contributed by atoms with E-state index in [9.17, 15) is 18.4 Å². The third-order valence-corrected chi connectivity index (χ3v) is 4.94. The molecule has 27 heavy (non-hydrogen) atoms. The fourth-order valence-electron chi connectivity index (χ4n) is 3.50. The van der Waals surface area contributed by atoms with Gasteiger partial charge in [-0.2, -0.15) is 0 Å². The number of carbonyl (C=O) groups is 2. The first-order chi connectivity index (χ1) is 13.0. The highest BCUT2D eigenvalue weighted by Gasteiger charge is 2.37. The minimum atomic E-state index is -0.839. The maximum absolute atomic E-state index is 13.8. The second-order valence-corrected chi connectivity index (χ2v) is 6.62. The Bertz CT molecular complexity index is 840. The number of hydrogen-bond acceptors (Lipinski definition) is 2. The maximum atomic E-state index is 13.8. The van der Waals surface area contributed by atoms with Gasteiger partial charge in [-0.05, 0) is 36.1 Å². The summed E-state index contributed by atoms with van der Waals surface area (Å²) in [7, 11) is 0. The number of nitrogens with one attached hydrogen (secondary N) is 1. The van der Waals surface area contributed by atoms with E-state index in [1.165, 1.54) is 6.07 Å². The summed E-state index contributed by atoms with van der Waals surface area (Å²) in [5.41, 5.74) is 2.48. The number of para-hydroxylation sites is 2. The first kappa shape index (κ1) is 19.0. The number of aryl methyl sites for hydroxylation is 2. The van der Waals surface area contributed by atoms with Crippen LogP contribution in [-0.2, 0) is 22.4 Å². The Morgan fingerprint density at radius 3 is 2.19 bits per heavy atom. The normalized spacial score (nSPS) is 16.7. The molecule has 1 heterocycles. The fourth-order valence-corrected chi connectivity index (χ4v) is 3.50. The van der Waals surface area contributed by atoms with Crippen molar-refractivity contribution in [3.63, 3.8) is 0 Å². The standard InChI is InChI=1S/C21H22F2N2O2/c1-3-13-7-5-8-14(4-2)20(13)25-12-15(11-18(25)26)21(27)24-19-16(22)9-6-10-17(19)23/h5-10,15H,3-4,11-12H2,1-2H3,(H,24,27). The van der Waals surface area contributed by atoms with E-state index in [2.05, 4.69) is 5.32 Å². The lowest BCUT2D eigenvalue weighted by Crippen LogP contribution is -2.30. The quantitative estimate of drug-likeness (QED) is 0.860. The van der Waals surface area contributed by atoms with Crippen LogP contribution >= 0.6 is 0 Å². The van der Waals surface area contributed by atoms with E-state index in [1.54, 1.807) is 4.90 Å². The SMILES string of the molecule is CCc1cccc(CC)c1N1CC(C(=O)Nc2c(F)cccc2F)CC1=O. The summed E-state index contributed by atoms with van der Waals surface area (Å²) in [6.45, 7) is 4.23. The van der Waals surface area contributed by atoms with E-state index in [0.29, 0.717) is 0 Å². The third kappa shape index (κ3) is 3.70. The van der Waals surface area contributed by atoms with Gasteiger partial charge in [-0.15, -0.1) is 0 Å². The van der Waals surface area contributed by atoms with E-state index in [-0.39, 0.29) is 18.9 Å². The van der Waals surface area contributed by atoms with E-state index in [0.717, 1.165) is 41.8 Å². The maximum Gasteiger partial charge on any atom is 0.229 e. The Kier molecular flexibility index (Phi) is 5.54. The summed E-state index contributed by atoms with van der Waals surface area (Å²) >= 11 is 0. The topological polar surface area (TPSA) is 49.4 Å². The van der Waals surface area contributed by atoms with Gasteiger partial charge in [0.2, 0.25) is 11.8 Å². The lowest BCUT2D eigenvalue weighted by atomic mass is 10.0. The van der Waals surface area contributed by atoms with Gasteiger partial charge in [0.15, 0.2) is 0 Å². The highest BCUT2D eigenvalue weighted by molar-refractivity contribution is 6.04. The Hall–Kier alpha value is -2.76. The zero-order valence-electron chi connectivity index (χ0n) is 15.4. The number of carbonyl (C=O) groups excluding carboxylic acids is 2. The van der Waals surface area contributed by atoms with Crippen LogP contribution in [0.3, 0.4) is 0 Å². The Morgan fingerprint density at radius 2 is 1.63 bits per heavy atom. The average Bonchev–Trinajstić information content (AvgIpc) is 3.05.